The Hall–Kier alpha value is -2.55. The number of rotatable bonds is 3. The van der Waals surface area contributed by atoms with Crippen molar-refractivity contribution in [3.05, 3.63) is 30.0 Å². The predicted molar refractivity (Wildman–Crippen MR) is 82.0 cm³/mol. The second-order valence-electron chi connectivity index (χ2n) is 5.11. The second kappa shape index (κ2) is 5.58. The van der Waals surface area contributed by atoms with E-state index in [1.807, 2.05) is 0 Å². The lowest BCUT2D eigenvalue weighted by Crippen LogP contribution is -2.25. The van der Waals surface area contributed by atoms with Crippen LogP contribution in [0.25, 0.3) is 0 Å². The third kappa shape index (κ3) is 3.00. The van der Waals surface area contributed by atoms with E-state index >= 15 is 0 Å². The number of ether oxygens (including phenoxy) is 1. The summed E-state index contributed by atoms with van der Waals surface area (Å²) in [6.45, 7) is 1.92. The van der Waals surface area contributed by atoms with Crippen LogP contribution in [-0.4, -0.2) is 33.1 Å². The first-order valence-electron chi connectivity index (χ1n) is 6.86. The molecule has 9 heteroatoms. The van der Waals surface area contributed by atoms with Crippen LogP contribution in [0.3, 0.4) is 0 Å². The molecule has 0 radical (unpaired) electrons. The Labute approximate surface area is 133 Å². The number of carbonyl (C=O) groups excluding carboxylic acids is 1. The van der Waals surface area contributed by atoms with Crippen molar-refractivity contribution in [3.63, 3.8) is 0 Å². The lowest BCUT2D eigenvalue weighted by Gasteiger charge is -2.17. The molecule has 0 unspecified atom stereocenters. The van der Waals surface area contributed by atoms with Gasteiger partial charge in [0.05, 0.1) is 23.6 Å². The highest BCUT2D eigenvalue weighted by atomic mass is 32.2. The molecule has 1 aromatic heterocycles. The van der Waals surface area contributed by atoms with Crippen molar-refractivity contribution in [1.82, 2.24) is 5.16 Å². The second-order valence-corrected chi connectivity index (χ2v) is 6.79. The molecule has 1 N–H and O–H groups in total. The SMILES string of the molecule is Cc1cc(NS(=O)(=O)c2ccc3c(c2)N(C)C(=O)CCO3)no1. The minimum Gasteiger partial charge on any atom is -0.491 e. The van der Waals surface area contributed by atoms with Gasteiger partial charge in [-0.2, -0.15) is 0 Å². The molecule has 1 aromatic carbocycles. The number of sulfonamides is 1. The van der Waals surface area contributed by atoms with E-state index in [-0.39, 0.29) is 29.6 Å². The quantitative estimate of drug-likeness (QED) is 0.911. The molecule has 3 rings (SSSR count). The first-order chi connectivity index (χ1) is 10.9. The van der Waals surface area contributed by atoms with Gasteiger partial charge in [-0.1, -0.05) is 5.16 Å². The molecule has 0 bridgehead atoms. The summed E-state index contributed by atoms with van der Waals surface area (Å²) in [5.41, 5.74) is 0.409. The molecule has 2 heterocycles. The molecular formula is C14H15N3O5S. The number of hydrogen-bond donors (Lipinski definition) is 1. The zero-order chi connectivity index (χ0) is 16.6. The van der Waals surface area contributed by atoms with Gasteiger partial charge in [-0.3, -0.25) is 9.52 Å². The first-order valence-corrected chi connectivity index (χ1v) is 8.35. The standard InChI is InChI=1S/C14H15N3O5S/c1-9-7-13(15-22-9)16-23(19,20)10-3-4-12-11(8-10)17(2)14(18)5-6-21-12/h3-4,7-8H,5-6H2,1-2H3,(H,15,16). The third-order valence-electron chi connectivity index (χ3n) is 3.42. The van der Waals surface area contributed by atoms with E-state index in [1.54, 1.807) is 14.0 Å². The van der Waals surface area contributed by atoms with Gasteiger partial charge in [0.25, 0.3) is 10.0 Å². The number of aryl methyl sites for hydroxylation is 1. The number of carbonyl (C=O) groups is 1. The average molecular weight is 337 g/mol. The summed E-state index contributed by atoms with van der Waals surface area (Å²) in [7, 11) is -2.27. The Kier molecular flexibility index (Phi) is 3.72. The molecule has 1 amide bonds. The van der Waals surface area contributed by atoms with E-state index in [0.717, 1.165) is 0 Å². The van der Waals surface area contributed by atoms with E-state index in [2.05, 4.69) is 9.88 Å². The van der Waals surface area contributed by atoms with Gasteiger partial charge >= 0.3 is 0 Å². The van der Waals surface area contributed by atoms with Crippen LogP contribution < -0.4 is 14.4 Å². The molecule has 122 valence electrons. The van der Waals surface area contributed by atoms with Crippen LogP contribution in [0.15, 0.2) is 33.7 Å². The largest absolute Gasteiger partial charge is 0.491 e. The summed E-state index contributed by atoms with van der Waals surface area (Å²) >= 11 is 0. The molecule has 0 aliphatic carbocycles. The van der Waals surface area contributed by atoms with E-state index in [1.165, 1.54) is 29.2 Å². The molecule has 2 aromatic rings. The van der Waals surface area contributed by atoms with Gasteiger partial charge in [-0.25, -0.2) is 8.42 Å². The van der Waals surface area contributed by atoms with Crippen LogP contribution in [0.5, 0.6) is 5.75 Å². The Morgan fingerprint density at radius 1 is 1.30 bits per heavy atom. The van der Waals surface area contributed by atoms with E-state index in [4.69, 9.17) is 9.26 Å². The highest BCUT2D eigenvalue weighted by molar-refractivity contribution is 7.92. The number of nitrogens with zero attached hydrogens (tertiary/aromatic N) is 2. The van der Waals surface area contributed by atoms with Crippen molar-refractivity contribution in [2.24, 2.45) is 0 Å². The highest BCUT2D eigenvalue weighted by Gasteiger charge is 2.24. The predicted octanol–water partition coefficient (Wildman–Crippen LogP) is 1.53. The molecule has 1 aliphatic heterocycles. The number of anilines is 2. The molecule has 1 aliphatic rings. The monoisotopic (exact) mass is 337 g/mol. The summed E-state index contributed by atoms with van der Waals surface area (Å²) in [5.74, 6) is 0.912. The number of fused-ring (bicyclic) bond motifs is 1. The van der Waals surface area contributed by atoms with E-state index in [9.17, 15) is 13.2 Å². The zero-order valence-corrected chi connectivity index (χ0v) is 13.4. The van der Waals surface area contributed by atoms with Crippen LogP contribution in [0.4, 0.5) is 11.5 Å². The van der Waals surface area contributed by atoms with Gasteiger partial charge in [-0.05, 0) is 25.1 Å². The fourth-order valence-corrected chi connectivity index (χ4v) is 3.21. The number of nitrogens with one attached hydrogen (secondary N) is 1. The number of hydrogen-bond acceptors (Lipinski definition) is 6. The minimum absolute atomic E-state index is 0.00190. The Morgan fingerprint density at radius 2 is 2.09 bits per heavy atom. The van der Waals surface area contributed by atoms with Crippen LogP contribution in [0, 0.1) is 6.92 Å². The fourth-order valence-electron chi connectivity index (χ4n) is 2.21. The maximum atomic E-state index is 12.4. The summed E-state index contributed by atoms with van der Waals surface area (Å²) in [5, 5.41) is 3.60. The molecule has 0 atom stereocenters. The van der Waals surface area contributed by atoms with Crippen molar-refractivity contribution in [1.29, 1.82) is 0 Å². The van der Waals surface area contributed by atoms with Crippen LogP contribution in [0.1, 0.15) is 12.2 Å². The molecule has 0 saturated carbocycles. The third-order valence-corrected chi connectivity index (χ3v) is 4.77. The van der Waals surface area contributed by atoms with Crippen molar-refractivity contribution < 1.29 is 22.5 Å². The van der Waals surface area contributed by atoms with Gasteiger partial charge in [0, 0.05) is 13.1 Å². The number of benzene rings is 1. The summed E-state index contributed by atoms with van der Waals surface area (Å²) < 4.78 is 37.5. The smallest absolute Gasteiger partial charge is 0.263 e. The van der Waals surface area contributed by atoms with Gasteiger partial charge in [0.2, 0.25) is 5.91 Å². The van der Waals surface area contributed by atoms with Gasteiger partial charge in [-0.15, -0.1) is 0 Å². The normalized spacial score (nSPS) is 14.9. The lowest BCUT2D eigenvalue weighted by atomic mass is 10.2. The summed E-state index contributed by atoms with van der Waals surface area (Å²) in [6, 6.07) is 5.82. The van der Waals surface area contributed by atoms with Crippen molar-refractivity contribution in [3.8, 4) is 5.75 Å². The number of aromatic nitrogens is 1. The molecule has 0 fully saturated rings. The van der Waals surface area contributed by atoms with Gasteiger partial charge < -0.3 is 14.2 Å². The van der Waals surface area contributed by atoms with Crippen LogP contribution >= 0.6 is 0 Å². The topological polar surface area (TPSA) is 102 Å². The minimum atomic E-state index is -3.85. The Morgan fingerprint density at radius 3 is 2.78 bits per heavy atom. The molecule has 0 saturated heterocycles. The van der Waals surface area contributed by atoms with E-state index < -0.39 is 10.0 Å². The molecule has 23 heavy (non-hydrogen) atoms. The highest BCUT2D eigenvalue weighted by Crippen LogP contribution is 2.33. The van der Waals surface area contributed by atoms with Crippen molar-refractivity contribution in [2.45, 2.75) is 18.2 Å². The number of amides is 1. The zero-order valence-electron chi connectivity index (χ0n) is 12.6. The average Bonchev–Trinajstić information content (AvgIpc) is 2.84. The fraction of sp³-hybridized carbons (Fsp3) is 0.286. The van der Waals surface area contributed by atoms with Crippen molar-refractivity contribution >= 4 is 27.4 Å². The first kappa shape index (κ1) is 15.3. The Balaban J connectivity index is 1.97. The van der Waals surface area contributed by atoms with E-state index in [0.29, 0.717) is 17.2 Å². The van der Waals surface area contributed by atoms with Crippen LogP contribution in [0.2, 0.25) is 0 Å². The molecule has 8 nitrogen and oxygen atoms in total. The van der Waals surface area contributed by atoms with Crippen molar-refractivity contribution in [2.75, 3.05) is 23.3 Å². The Bertz CT molecular complexity index is 859. The van der Waals surface area contributed by atoms with Crippen LogP contribution in [-0.2, 0) is 14.8 Å². The molecule has 0 spiro atoms. The summed E-state index contributed by atoms with van der Waals surface area (Å²) in [6.07, 6.45) is 0.240. The maximum Gasteiger partial charge on any atom is 0.263 e. The molecular weight excluding hydrogens is 322 g/mol. The summed E-state index contributed by atoms with van der Waals surface area (Å²) in [4.78, 5) is 13.3. The van der Waals surface area contributed by atoms with Gasteiger partial charge in [0.1, 0.15) is 11.5 Å². The lowest BCUT2D eigenvalue weighted by molar-refractivity contribution is -0.118. The van der Waals surface area contributed by atoms with Gasteiger partial charge in [0.15, 0.2) is 5.82 Å². The maximum absolute atomic E-state index is 12.4.